The molecule has 0 spiro atoms. The summed E-state index contributed by atoms with van der Waals surface area (Å²) in [4.78, 5) is 0. The first-order chi connectivity index (χ1) is 25.8. The van der Waals surface area contributed by atoms with Crippen molar-refractivity contribution in [3.63, 3.8) is 0 Å². The van der Waals surface area contributed by atoms with Crippen LogP contribution in [0.2, 0.25) is 0 Å². The normalized spacial score (nSPS) is 6.85. The van der Waals surface area contributed by atoms with E-state index in [1.165, 1.54) is 0 Å². The van der Waals surface area contributed by atoms with Gasteiger partial charge < -0.3 is 9.47 Å². The average molecular weight is 773 g/mol. The van der Waals surface area contributed by atoms with Gasteiger partial charge in [-0.05, 0) is 0 Å². The number of benzene rings is 5. The molecule has 0 atom stereocenters. The van der Waals surface area contributed by atoms with Crippen molar-refractivity contribution in [2.45, 2.75) is 90.5 Å². The average Bonchev–Trinajstić information content (AvgIpc) is 3.26. The number of sulfone groups is 1. The lowest BCUT2D eigenvalue weighted by Crippen LogP contribution is -1.86. The standard InChI is InChI=1S/5C6H6.C2H6O2S.2C2H6O.6C2H6.CH4/c5*1-2-4-6-5-3-1;1-5(2,3)4;2*1-3-2;6*1-2;/h5*1-6H;1-2H3;2*1-2H3;6*1-2H3;1H4. The van der Waals surface area contributed by atoms with Gasteiger partial charge in [-0.3, -0.25) is 0 Å². The fourth-order valence-corrected chi connectivity index (χ4v) is 1.92. The third-order valence-electron chi connectivity index (χ3n) is 3.33. The van der Waals surface area contributed by atoms with E-state index in [1.54, 1.807) is 28.4 Å². The quantitative estimate of drug-likeness (QED) is 0.157. The fraction of sp³-hybridized carbons (Fsp3) is 0.388. The summed E-state index contributed by atoms with van der Waals surface area (Å²) in [5, 5.41) is 0. The Hall–Kier alpha value is -4.03. The second-order valence-electron chi connectivity index (χ2n) is 7.73. The van der Waals surface area contributed by atoms with Crippen LogP contribution in [0.15, 0.2) is 182 Å². The Morgan fingerprint density at radius 2 is 0.259 bits per heavy atom. The first-order valence-corrected chi connectivity index (χ1v) is 21.1. The van der Waals surface area contributed by atoms with E-state index in [2.05, 4.69) is 9.47 Å². The monoisotopic (exact) mass is 773 g/mol. The summed E-state index contributed by atoms with van der Waals surface area (Å²) in [6.45, 7) is 24.0. The molecule has 0 fully saturated rings. The molecule has 4 nitrogen and oxygen atoms in total. The molecule has 0 amide bonds. The van der Waals surface area contributed by atoms with Gasteiger partial charge in [0.15, 0.2) is 0 Å². The van der Waals surface area contributed by atoms with Crippen LogP contribution in [-0.4, -0.2) is 49.4 Å². The molecule has 0 saturated heterocycles. The lowest BCUT2D eigenvalue weighted by Gasteiger charge is -1.69. The summed E-state index contributed by atoms with van der Waals surface area (Å²) in [7, 11) is 3.83. The Labute approximate surface area is 340 Å². The molecule has 0 N–H and O–H groups in total. The van der Waals surface area contributed by atoms with Gasteiger partial charge in [0.05, 0.1) is 0 Å². The van der Waals surface area contributed by atoms with Crippen LogP contribution in [0.3, 0.4) is 0 Å². The highest BCUT2D eigenvalue weighted by Gasteiger charge is 1.79. The zero-order chi connectivity index (χ0) is 43.1. The van der Waals surface area contributed by atoms with Gasteiger partial charge in [0.1, 0.15) is 9.84 Å². The summed E-state index contributed by atoms with van der Waals surface area (Å²) in [5.74, 6) is 0. The van der Waals surface area contributed by atoms with Gasteiger partial charge in [-0.1, -0.05) is 273 Å². The number of ether oxygens (including phenoxy) is 2. The molecule has 0 bridgehead atoms. The van der Waals surface area contributed by atoms with E-state index >= 15 is 0 Å². The minimum absolute atomic E-state index is 0. The summed E-state index contributed by atoms with van der Waals surface area (Å²) in [6.07, 6.45) is 2.32. The smallest absolute Gasteiger partial charge is 0.144 e. The van der Waals surface area contributed by atoms with Gasteiger partial charge in [-0.15, -0.1) is 0 Å². The van der Waals surface area contributed by atoms with E-state index in [4.69, 9.17) is 0 Å². The van der Waals surface area contributed by atoms with Gasteiger partial charge in [0.2, 0.25) is 0 Å². The molecular weight excluding hydrogens is 685 g/mol. The Balaban J connectivity index is -0.0000000495. The number of hydrogen-bond acceptors (Lipinski definition) is 4. The first kappa shape index (κ1) is 75.0. The molecule has 5 heteroatoms. The topological polar surface area (TPSA) is 52.6 Å². The van der Waals surface area contributed by atoms with Gasteiger partial charge in [-0.2, -0.15) is 0 Å². The molecule has 5 rings (SSSR count). The predicted molar refractivity (Wildman–Crippen MR) is 254 cm³/mol. The summed E-state index contributed by atoms with van der Waals surface area (Å²) in [5.41, 5.74) is 0. The van der Waals surface area contributed by atoms with Gasteiger partial charge in [-0.25, -0.2) is 8.42 Å². The zero-order valence-electron chi connectivity index (χ0n) is 37.4. The molecule has 0 aromatic heterocycles. The van der Waals surface area contributed by atoms with Crippen molar-refractivity contribution in [3.8, 4) is 0 Å². The van der Waals surface area contributed by atoms with E-state index in [-0.39, 0.29) is 7.43 Å². The van der Waals surface area contributed by atoms with E-state index < -0.39 is 9.84 Å². The molecule has 0 aliphatic carbocycles. The van der Waals surface area contributed by atoms with E-state index in [9.17, 15) is 8.42 Å². The lowest BCUT2D eigenvalue weighted by atomic mass is 10.4. The summed E-state index contributed by atoms with van der Waals surface area (Å²) in [6, 6.07) is 60.0. The second-order valence-corrected chi connectivity index (χ2v) is 10.0. The third kappa shape index (κ3) is 157. The molecule has 54 heavy (non-hydrogen) atoms. The van der Waals surface area contributed by atoms with E-state index in [0.29, 0.717) is 0 Å². The van der Waals surface area contributed by atoms with Crippen LogP contribution in [-0.2, 0) is 19.3 Å². The van der Waals surface area contributed by atoms with Gasteiger partial charge >= 0.3 is 0 Å². The van der Waals surface area contributed by atoms with Crippen LogP contribution in [0, 0.1) is 0 Å². The summed E-state index contributed by atoms with van der Waals surface area (Å²) >= 11 is 0. The molecule has 0 saturated carbocycles. The Morgan fingerprint density at radius 1 is 0.241 bits per heavy atom. The van der Waals surface area contributed by atoms with Crippen molar-refractivity contribution in [2.24, 2.45) is 0 Å². The molecule has 5 aromatic carbocycles. The number of hydrogen-bond donors (Lipinski definition) is 0. The van der Waals surface area contributed by atoms with E-state index in [0.717, 1.165) is 12.5 Å². The molecule has 314 valence electrons. The van der Waals surface area contributed by atoms with Crippen LogP contribution < -0.4 is 0 Å². The molecule has 5 aromatic rings. The predicted octanol–water partition coefficient (Wildman–Crippen LogP) is 15.4. The summed E-state index contributed by atoms with van der Waals surface area (Å²) < 4.78 is 27.8. The fourth-order valence-electron chi connectivity index (χ4n) is 1.92. The van der Waals surface area contributed by atoms with Crippen LogP contribution in [0.4, 0.5) is 0 Å². The Bertz CT molecular complexity index is 802. The SMILES string of the molecule is C.CC.CC.CC.CC.CC.CC.COC.COC.CS(C)(=O)=O.c1ccccc1.c1ccccc1.c1ccccc1.c1ccccc1.c1ccccc1. The third-order valence-corrected chi connectivity index (χ3v) is 3.33. The van der Waals surface area contributed by atoms with Gasteiger partial charge in [0.25, 0.3) is 0 Å². The highest BCUT2D eigenvalue weighted by atomic mass is 32.2. The maximum atomic E-state index is 9.63. The number of methoxy groups -OCH3 is 2. The van der Waals surface area contributed by atoms with Crippen molar-refractivity contribution in [3.05, 3.63) is 182 Å². The lowest BCUT2D eigenvalue weighted by molar-refractivity contribution is 0.277. The highest BCUT2D eigenvalue weighted by molar-refractivity contribution is 7.89. The van der Waals surface area contributed by atoms with Crippen LogP contribution in [0.25, 0.3) is 0 Å². The van der Waals surface area contributed by atoms with E-state index in [1.807, 2.05) is 265 Å². The Morgan fingerprint density at radius 3 is 0.278 bits per heavy atom. The van der Waals surface area contributed by atoms with Crippen molar-refractivity contribution < 1.29 is 17.9 Å². The minimum atomic E-state index is -2.67. The first-order valence-electron chi connectivity index (χ1n) is 18.8. The molecule has 0 aliphatic rings. The molecule has 0 aliphatic heterocycles. The van der Waals surface area contributed by atoms with Crippen molar-refractivity contribution >= 4 is 9.84 Å². The van der Waals surface area contributed by atoms with Crippen molar-refractivity contribution in [1.82, 2.24) is 0 Å². The maximum absolute atomic E-state index is 9.63. The second kappa shape index (κ2) is 97.7. The van der Waals surface area contributed by atoms with Crippen molar-refractivity contribution in [2.75, 3.05) is 41.0 Å². The van der Waals surface area contributed by atoms with Crippen LogP contribution in [0.5, 0.6) is 0 Å². The maximum Gasteiger partial charge on any atom is 0.144 e. The molecule has 0 heterocycles. The zero-order valence-corrected chi connectivity index (χ0v) is 38.2. The van der Waals surface area contributed by atoms with Crippen LogP contribution >= 0.6 is 0 Å². The molecular formula is C49H88O4S. The number of rotatable bonds is 0. The minimum Gasteiger partial charge on any atom is -0.388 e. The molecule has 0 unspecified atom stereocenters. The molecule has 0 radical (unpaired) electrons. The Kier molecular flexibility index (Phi) is 136. The van der Waals surface area contributed by atoms with Gasteiger partial charge in [0, 0.05) is 41.0 Å². The highest BCUT2D eigenvalue weighted by Crippen LogP contribution is 1.82. The largest absolute Gasteiger partial charge is 0.388 e. The van der Waals surface area contributed by atoms with Crippen LogP contribution in [0.1, 0.15) is 90.5 Å². The van der Waals surface area contributed by atoms with Crippen molar-refractivity contribution in [1.29, 1.82) is 0 Å².